The van der Waals surface area contributed by atoms with Crippen molar-refractivity contribution in [1.82, 2.24) is 5.32 Å². The Morgan fingerprint density at radius 2 is 1.80 bits per heavy atom. The molecule has 0 aromatic heterocycles. The molecule has 0 fully saturated rings. The van der Waals surface area contributed by atoms with Gasteiger partial charge in [-0.25, -0.2) is 4.79 Å². The largest absolute Gasteiger partial charge is 0.467 e. The van der Waals surface area contributed by atoms with Gasteiger partial charge in [0.15, 0.2) is 0 Å². The highest BCUT2D eigenvalue weighted by molar-refractivity contribution is 5.96. The lowest BCUT2D eigenvalue weighted by Crippen LogP contribution is -2.41. The maximum Gasteiger partial charge on any atom is 0.416 e. The van der Waals surface area contributed by atoms with Crippen molar-refractivity contribution in [3.63, 3.8) is 0 Å². The van der Waals surface area contributed by atoms with Crippen LogP contribution < -0.4 is 5.32 Å². The zero-order valence-electron chi connectivity index (χ0n) is 11.0. The quantitative estimate of drug-likeness (QED) is 0.866. The fourth-order valence-corrected chi connectivity index (χ4v) is 1.52. The number of nitrogens with one attached hydrogen (secondary N) is 1. The number of methoxy groups -OCH3 is 1. The van der Waals surface area contributed by atoms with Gasteiger partial charge in [0.1, 0.15) is 6.04 Å². The van der Waals surface area contributed by atoms with E-state index in [1.54, 1.807) is 6.92 Å². The van der Waals surface area contributed by atoms with Crippen molar-refractivity contribution in [3.8, 4) is 0 Å². The standard InChI is InChI=1S/C13H14F3NO3/c1-3-10(12(19)20-2)17-11(18)8-4-6-9(7-5-8)13(14,15)16/h4-7,10H,3H2,1-2H3,(H,17,18). The first kappa shape index (κ1) is 16.0. The lowest BCUT2D eigenvalue weighted by atomic mass is 10.1. The minimum Gasteiger partial charge on any atom is -0.467 e. The van der Waals surface area contributed by atoms with Crippen LogP contribution in [-0.4, -0.2) is 25.0 Å². The molecule has 0 aliphatic heterocycles. The van der Waals surface area contributed by atoms with E-state index >= 15 is 0 Å². The number of amides is 1. The summed E-state index contributed by atoms with van der Waals surface area (Å²) in [5.41, 5.74) is -0.797. The second-order valence-corrected chi connectivity index (χ2v) is 4.03. The van der Waals surface area contributed by atoms with Gasteiger partial charge >= 0.3 is 12.1 Å². The van der Waals surface area contributed by atoms with E-state index in [9.17, 15) is 22.8 Å². The van der Waals surface area contributed by atoms with E-state index < -0.39 is 29.7 Å². The van der Waals surface area contributed by atoms with Crippen LogP contribution >= 0.6 is 0 Å². The first-order valence-corrected chi connectivity index (χ1v) is 5.85. The van der Waals surface area contributed by atoms with Crippen molar-refractivity contribution in [3.05, 3.63) is 35.4 Å². The van der Waals surface area contributed by atoms with Crippen molar-refractivity contribution in [2.45, 2.75) is 25.6 Å². The SMILES string of the molecule is CCC(NC(=O)c1ccc(C(F)(F)F)cc1)C(=O)OC. The lowest BCUT2D eigenvalue weighted by molar-refractivity contribution is -0.143. The summed E-state index contributed by atoms with van der Waals surface area (Å²) in [5, 5.41) is 2.40. The molecular weight excluding hydrogens is 275 g/mol. The van der Waals surface area contributed by atoms with Crippen LogP contribution in [0.1, 0.15) is 29.3 Å². The summed E-state index contributed by atoms with van der Waals surface area (Å²) in [4.78, 5) is 23.1. The molecule has 20 heavy (non-hydrogen) atoms. The number of alkyl halides is 3. The summed E-state index contributed by atoms with van der Waals surface area (Å²) < 4.78 is 41.6. The minimum absolute atomic E-state index is 0.0420. The molecule has 1 amide bonds. The topological polar surface area (TPSA) is 55.4 Å². The highest BCUT2D eigenvalue weighted by atomic mass is 19.4. The normalized spacial score (nSPS) is 12.7. The molecule has 1 unspecified atom stereocenters. The number of hydrogen-bond donors (Lipinski definition) is 1. The molecule has 0 aliphatic carbocycles. The summed E-state index contributed by atoms with van der Waals surface area (Å²) in [7, 11) is 1.19. The van der Waals surface area contributed by atoms with Crippen molar-refractivity contribution in [2.75, 3.05) is 7.11 Å². The molecule has 0 heterocycles. The molecule has 7 heteroatoms. The van der Waals surface area contributed by atoms with Gasteiger partial charge in [0.2, 0.25) is 0 Å². The number of halogens is 3. The average molecular weight is 289 g/mol. The van der Waals surface area contributed by atoms with E-state index in [2.05, 4.69) is 10.1 Å². The maximum absolute atomic E-state index is 12.4. The molecule has 0 saturated carbocycles. The van der Waals surface area contributed by atoms with Gasteiger partial charge in [-0.2, -0.15) is 13.2 Å². The van der Waals surface area contributed by atoms with Gasteiger partial charge in [-0.1, -0.05) is 6.92 Å². The minimum atomic E-state index is -4.45. The molecule has 4 nitrogen and oxygen atoms in total. The molecule has 1 aromatic rings. The zero-order valence-corrected chi connectivity index (χ0v) is 11.0. The predicted molar refractivity (Wildman–Crippen MR) is 65.0 cm³/mol. The molecule has 1 aromatic carbocycles. The first-order valence-electron chi connectivity index (χ1n) is 5.85. The molecule has 1 N–H and O–H groups in total. The van der Waals surface area contributed by atoms with Crippen LogP contribution in [0.3, 0.4) is 0 Å². The first-order chi connectivity index (χ1) is 9.29. The van der Waals surface area contributed by atoms with Gasteiger partial charge in [-0.15, -0.1) is 0 Å². The Labute approximate surface area is 113 Å². The van der Waals surface area contributed by atoms with Crippen molar-refractivity contribution in [2.24, 2.45) is 0 Å². The van der Waals surface area contributed by atoms with E-state index in [4.69, 9.17) is 0 Å². The lowest BCUT2D eigenvalue weighted by Gasteiger charge is -2.14. The molecule has 0 spiro atoms. The Kier molecular flexibility index (Phi) is 5.12. The Morgan fingerprint density at radius 3 is 2.20 bits per heavy atom. The summed E-state index contributed by atoms with van der Waals surface area (Å²) in [5.74, 6) is -1.23. The van der Waals surface area contributed by atoms with E-state index in [-0.39, 0.29) is 5.56 Å². The van der Waals surface area contributed by atoms with Crippen LogP contribution in [0.25, 0.3) is 0 Å². The van der Waals surface area contributed by atoms with Gasteiger partial charge in [-0.05, 0) is 30.7 Å². The Balaban J connectivity index is 2.80. The zero-order chi connectivity index (χ0) is 15.3. The highest BCUT2D eigenvalue weighted by Gasteiger charge is 2.30. The van der Waals surface area contributed by atoms with Gasteiger partial charge in [0, 0.05) is 5.56 Å². The number of hydrogen-bond acceptors (Lipinski definition) is 3. The van der Waals surface area contributed by atoms with Crippen LogP contribution in [0.4, 0.5) is 13.2 Å². The second kappa shape index (κ2) is 6.40. The monoisotopic (exact) mass is 289 g/mol. The van der Waals surface area contributed by atoms with Gasteiger partial charge in [-0.3, -0.25) is 4.79 Å². The average Bonchev–Trinajstić information content (AvgIpc) is 2.42. The number of benzene rings is 1. The molecule has 0 aliphatic rings. The number of ether oxygens (including phenoxy) is 1. The molecule has 0 saturated heterocycles. The van der Waals surface area contributed by atoms with Gasteiger partial charge in [0.05, 0.1) is 12.7 Å². The second-order valence-electron chi connectivity index (χ2n) is 4.03. The molecule has 1 rings (SSSR count). The van der Waals surface area contributed by atoms with Gasteiger partial charge in [0.25, 0.3) is 5.91 Å². The van der Waals surface area contributed by atoms with E-state index in [0.717, 1.165) is 24.3 Å². The summed E-state index contributed by atoms with van der Waals surface area (Å²) in [6.45, 7) is 1.68. The van der Waals surface area contributed by atoms with Crippen molar-refractivity contribution < 1.29 is 27.5 Å². The summed E-state index contributed by atoms with van der Waals surface area (Å²) in [6.07, 6.45) is -4.13. The highest BCUT2D eigenvalue weighted by Crippen LogP contribution is 2.29. The van der Waals surface area contributed by atoms with Crippen molar-refractivity contribution in [1.29, 1.82) is 0 Å². The fraction of sp³-hybridized carbons (Fsp3) is 0.385. The number of esters is 1. The van der Waals surface area contributed by atoms with Crippen LogP contribution in [-0.2, 0) is 15.7 Å². The smallest absolute Gasteiger partial charge is 0.416 e. The molecule has 1 atom stereocenters. The van der Waals surface area contributed by atoms with E-state index in [0.29, 0.717) is 6.42 Å². The number of rotatable bonds is 4. The predicted octanol–water partition coefficient (Wildman–Crippen LogP) is 2.39. The van der Waals surface area contributed by atoms with Crippen LogP contribution in [0, 0.1) is 0 Å². The molecule has 0 bridgehead atoms. The molecule has 110 valence electrons. The number of carbonyl (C=O) groups excluding carboxylic acids is 2. The molecule has 0 radical (unpaired) electrons. The number of carbonyl (C=O) groups is 2. The molecular formula is C13H14F3NO3. The van der Waals surface area contributed by atoms with Gasteiger partial charge < -0.3 is 10.1 Å². The third kappa shape index (κ3) is 3.97. The van der Waals surface area contributed by atoms with Crippen LogP contribution in [0.2, 0.25) is 0 Å². The van der Waals surface area contributed by atoms with E-state index in [1.807, 2.05) is 0 Å². The van der Waals surface area contributed by atoms with E-state index in [1.165, 1.54) is 7.11 Å². The summed E-state index contributed by atoms with van der Waals surface area (Å²) in [6, 6.07) is 2.92. The fourth-order valence-electron chi connectivity index (χ4n) is 1.52. The van der Waals surface area contributed by atoms with Crippen molar-refractivity contribution >= 4 is 11.9 Å². The Hall–Kier alpha value is -2.05. The third-order valence-corrected chi connectivity index (χ3v) is 2.67. The third-order valence-electron chi connectivity index (χ3n) is 2.67. The summed E-state index contributed by atoms with van der Waals surface area (Å²) >= 11 is 0. The Morgan fingerprint density at radius 1 is 1.25 bits per heavy atom. The van der Waals surface area contributed by atoms with Crippen LogP contribution in [0.5, 0.6) is 0 Å². The maximum atomic E-state index is 12.4. The van der Waals surface area contributed by atoms with Crippen LogP contribution in [0.15, 0.2) is 24.3 Å². The Bertz CT molecular complexity index is 483.